The highest BCUT2D eigenvalue weighted by Gasteiger charge is 2.11. The molecule has 0 fully saturated rings. The second kappa shape index (κ2) is 4.67. The molecule has 0 aliphatic rings. The van der Waals surface area contributed by atoms with Crippen molar-refractivity contribution >= 4 is 29.2 Å². The second-order valence-corrected chi connectivity index (χ2v) is 3.84. The van der Waals surface area contributed by atoms with Crippen molar-refractivity contribution in [3.63, 3.8) is 0 Å². The van der Waals surface area contributed by atoms with E-state index in [-0.39, 0.29) is 6.54 Å². The van der Waals surface area contributed by atoms with Gasteiger partial charge in [-0.25, -0.2) is 4.39 Å². The lowest BCUT2D eigenvalue weighted by molar-refractivity contribution is -0.143. The number of aromatic nitrogens is 2. The fourth-order valence-corrected chi connectivity index (χ4v) is 1.90. The van der Waals surface area contributed by atoms with Crippen molar-refractivity contribution in [2.75, 3.05) is 6.61 Å². The lowest BCUT2D eigenvalue weighted by Crippen LogP contribution is -2.13. The Morgan fingerprint density at radius 2 is 2.35 bits per heavy atom. The molecule has 0 amide bonds. The predicted octanol–water partition coefficient (Wildman–Crippen LogP) is 2.40. The summed E-state index contributed by atoms with van der Waals surface area (Å²) in [6.07, 6.45) is 0. The number of fused-ring (bicyclic) bond motifs is 1. The first kappa shape index (κ1) is 11.8. The first-order valence-corrected chi connectivity index (χ1v) is 5.57. The summed E-state index contributed by atoms with van der Waals surface area (Å²) in [5.74, 6) is -0.787. The van der Waals surface area contributed by atoms with Gasteiger partial charge < -0.3 is 14.3 Å². The van der Waals surface area contributed by atoms with Gasteiger partial charge in [0, 0.05) is 0 Å². The summed E-state index contributed by atoms with van der Waals surface area (Å²) in [5, 5.41) is 0. The number of aromatic amines is 1. The van der Waals surface area contributed by atoms with Crippen LogP contribution in [0.3, 0.4) is 0 Å². The molecule has 1 heterocycles. The molecule has 0 saturated carbocycles. The number of carbonyl (C=O) groups is 1. The lowest BCUT2D eigenvalue weighted by atomic mass is 10.3. The summed E-state index contributed by atoms with van der Waals surface area (Å²) < 4.78 is 20.1. The summed E-state index contributed by atoms with van der Waals surface area (Å²) in [6.45, 7) is 2.02. The number of carbonyl (C=O) groups excluding carboxylic acids is 1. The molecule has 4 nitrogen and oxygen atoms in total. The number of nitrogens with one attached hydrogen (secondary N) is 1. The summed E-state index contributed by atoms with van der Waals surface area (Å²) in [4.78, 5) is 14.1. The Morgan fingerprint density at radius 3 is 3.06 bits per heavy atom. The van der Waals surface area contributed by atoms with Crippen molar-refractivity contribution < 1.29 is 13.9 Å². The SMILES string of the molecule is CCOC(=O)Cn1c(=S)[nH]c2c(F)cccc21. The Labute approximate surface area is 102 Å². The van der Waals surface area contributed by atoms with Gasteiger partial charge in [0.2, 0.25) is 0 Å². The molecule has 0 radical (unpaired) electrons. The molecular weight excluding hydrogens is 243 g/mol. The number of ether oxygens (including phenoxy) is 1. The van der Waals surface area contributed by atoms with E-state index < -0.39 is 11.8 Å². The zero-order chi connectivity index (χ0) is 12.4. The molecule has 0 aliphatic carbocycles. The highest BCUT2D eigenvalue weighted by atomic mass is 32.1. The molecule has 0 saturated heterocycles. The number of hydrogen-bond donors (Lipinski definition) is 1. The van der Waals surface area contributed by atoms with E-state index in [1.165, 1.54) is 10.6 Å². The van der Waals surface area contributed by atoms with Crippen LogP contribution in [0.25, 0.3) is 11.0 Å². The van der Waals surface area contributed by atoms with Gasteiger partial charge in [-0.05, 0) is 31.3 Å². The molecular formula is C11H11FN2O2S. The summed E-state index contributed by atoms with van der Waals surface area (Å²) in [7, 11) is 0. The standard InChI is InChI=1S/C11H11FN2O2S/c1-2-16-9(15)6-14-8-5-3-4-7(12)10(8)13-11(14)17/h3-5H,2,6H2,1H3,(H,13,17). The van der Waals surface area contributed by atoms with Gasteiger partial charge in [0.05, 0.1) is 12.1 Å². The molecule has 0 spiro atoms. The normalized spacial score (nSPS) is 10.7. The molecule has 2 rings (SSSR count). The molecule has 0 atom stereocenters. The van der Waals surface area contributed by atoms with Crippen LogP contribution < -0.4 is 0 Å². The molecule has 1 N–H and O–H groups in total. The van der Waals surface area contributed by atoms with Gasteiger partial charge in [0.25, 0.3) is 0 Å². The number of esters is 1. The van der Waals surface area contributed by atoms with Crippen LogP contribution in [0.5, 0.6) is 0 Å². The first-order valence-electron chi connectivity index (χ1n) is 5.16. The van der Waals surface area contributed by atoms with Crippen LogP contribution in [0.4, 0.5) is 4.39 Å². The maximum absolute atomic E-state index is 13.5. The van der Waals surface area contributed by atoms with Crippen LogP contribution in [0, 0.1) is 10.6 Å². The number of halogens is 1. The van der Waals surface area contributed by atoms with Crippen LogP contribution in [0.15, 0.2) is 18.2 Å². The van der Waals surface area contributed by atoms with Crippen molar-refractivity contribution in [2.24, 2.45) is 0 Å². The largest absolute Gasteiger partial charge is 0.465 e. The van der Waals surface area contributed by atoms with E-state index in [0.29, 0.717) is 22.4 Å². The zero-order valence-corrected chi connectivity index (χ0v) is 10.0. The van der Waals surface area contributed by atoms with Gasteiger partial charge in [0.1, 0.15) is 17.9 Å². The minimum absolute atomic E-state index is 0.0177. The van der Waals surface area contributed by atoms with Gasteiger partial charge in [-0.15, -0.1) is 0 Å². The van der Waals surface area contributed by atoms with Gasteiger partial charge in [0.15, 0.2) is 4.77 Å². The van der Waals surface area contributed by atoms with Crippen molar-refractivity contribution in [2.45, 2.75) is 13.5 Å². The average molecular weight is 254 g/mol. The van der Waals surface area contributed by atoms with E-state index in [1.54, 1.807) is 19.1 Å². The second-order valence-electron chi connectivity index (χ2n) is 3.46. The summed E-state index contributed by atoms with van der Waals surface area (Å²) in [5.41, 5.74) is 0.866. The Morgan fingerprint density at radius 1 is 1.59 bits per heavy atom. The smallest absolute Gasteiger partial charge is 0.326 e. The van der Waals surface area contributed by atoms with Crippen molar-refractivity contribution in [1.82, 2.24) is 9.55 Å². The minimum Gasteiger partial charge on any atom is -0.465 e. The molecule has 2 aromatic rings. The maximum Gasteiger partial charge on any atom is 0.326 e. The molecule has 1 aromatic heterocycles. The molecule has 6 heteroatoms. The van der Waals surface area contributed by atoms with E-state index in [9.17, 15) is 9.18 Å². The van der Waals surface area contributed by atoms with E-state index in [0.717, 1.165) is 0 Å². The fourth-order valence-electron chi connectivity index (χ4n) is 1.64. The number of imidazole rings is 1. The zero-order valence-electron chi connectivity index (χ0n) is 9.20. The van der Waals surface area contributed by atoms with E-state index in [4.69, 9.17) is 17.0 Å². The Kier molecular flexibility index (Phi) is 3.23. The topological polar surface area (TPSA) is 47.0 Å². The van der Waals surface area contributed by atoms with E-state index in [1.807, 2.05) is 0 Å². The molecule has 90 valence electrons. The summed E-state index contributed by atoms with van der Waals surface area (Å²) >= 11 is 5.05. The molecule has 17 heavy (non-hydrogen) atoms. The Balaban J connectivity index is 2.47. The highest BCUT2D eigenvalue weighted by Crippen LogP contribution is 2.17. The number of para-hydroxylation sites is 1. The van der Waals surface area contributed by atoms with Crippen LogP contribution in [-0.4, -0.2) is 22.1 Å². The van der Waals surface area contributed by atoms with Crippen LogP contribution >= 0.6 is 12.2 Å². The number of hydrogen-bond acceptors (Lipinski definition) is 3. The summed E-state index contributed by atoms with van der Waals surface area (Å²) in [6, 6.07) is 4.61. The third kappa shape index (κ3) is 2.21. The molecule has 1 aromatic carbocycles. The maximum atomic E-state index is 13.5. The fraction of sp³-hybridized carbons (Fsp3) is 0.273. The number of benzene rings is 1. The van der Waals surface area contributed by atoms with Gasteiger partial charge in [-0.3, -0.25) is 4.79 Å². The third-order valence-electron chi connectivity index (χ3n) is 2.35. The van der Waals surface area contributed by atoms with Gasteiger partial charge in [-0.1, -0.05) is 6.07 Å². The van der Waals surface area contributed by atoms with Crippen LogP contribution in [-0.2, 0) is 16.1 Å². The number of rotatable bonds is 3. The van der Waals surface area contributed by atoms with E-state index in [2.05, 4.69) is 4.98 Å². The highest BCUT2D eigenvalue weighted by molar-refractivity contribution is 7.71. The monoisotopic (exact) mass is 254 g/mol. The van der Waals surface area contributed by atoms with Crippen molar-refractivity contribution in [3.05, 3.63) is 28.8 Å². The average Bonchev–Trinajstić information content (AvgIpc) is 2.58. The van der Waals surface area contributed by atoms with Crippen LogP contribution in [0.2, 0.25) is 0 Å². The van der Waals surface area contributed by atoms with Crippen LogP contribution in [0.1, 0.15) is 6.92 Å². The predicted molar refractivity (Wildman–Crippen MR) is 63.7 cm³/mol. The number of nitrogens with zero attached hydrogens (tertiary/aromatic N) is 1. The van der Waals surface area contributed by atoms with Crippen molar-refractivity contribution in [3.8, 4) is 0 Å². The van der Waals surface area contributed by atoms with Gasteiger partial charge >= 0.3 is 5.97 Å². The number of H-pyrrole nitrogens is 1. The van der Waals surface area contributed by atoms with E-state index >= 15 is 0 Å². The molecule has 0 aliphatic heterocycles. The molecule has 0 bridgehead atoms. The third-order valence-corrected chi connectivity index (χ3v) is 2.67. The lowest BCUT2D eigenvalue weighted by Gasteiger charge is -2.04. The Hall–Kier alpha value is -1.69. The molecule has 0 unspecified atom stereocenters. The van der Waals surface area contributed by atoms with Crippen molar-refractivity contribution in [1.29, 1.82) is 0 Å². The first-order chi connectivity index (χ1) is 8.13. The quantitative estimate of drug-likeness (QED) is 0.676. The minimum atomic E-state index is -0.395. The van der Waals surface area contributed by atoms with Gasteiger partial charge in [-0.2, -0.15) is 0 Å². The Bertz CT molecular complexity index is 617.